The standard InChI is InChI=1S/C15H25N3S/c1-4-8-16-11(2)13-10-17-15(18-12(13)3)14-7-5-6-9-19-14/h10-11,14,16H,4-9H2,1-3H3. The number of hydrogen-bond acceptors (Lipinski definition) is 4. The molecule has 1 aromatic rings. The molecule has 0 spiro atoms. The first-order valence-corrected chi connectivity index (χ1v) is 8.45. The fourth-order valence-corrected chi connectivity index (χ4v) is 3.74. The van der Waals surface area contributed by atoms with Crippen LogP contribution in [0.3, 0.4) is 0 Å². The Labute approximate surface area is 121 Å². The SMILES string of the molecule is CCCNC(C)c1cnc(C2CCCCS2)nc1C. The quantitative estimate of drug-likeness (QED) is 0.889. The molecule has 0 radical (unpaired) electrons. The zero-order valence-corrected chi connectivity index (χ0v) is 13.1. The van der Waals surface area contributed by atoms with Crippen molar-refractivity contribution in [2.45, 2.75) is 57.7 Å². The zero-order valence-electron chi connectivity index (χ0n) is 12.3. The van der Waals surface area contributed by atoms with Gasteiger partial charge in [0, 0.05) is 23.5 Å². The molecule has 2 rings (SSSR count). The lowest BCUT2D eigenvalue weighted by Crippen LogP contribution is -2.21. The third-order valence-electron chi connectivity index (χ3n) is 3.67. The van der Waals surface area contributed by atoms with Crippen LogP contribution < -0.4 is 5.32 Å². The van der Waals surface area contributed by atoms with Crippen LogP contribution in [0.1, 0.15) is 67.9 Å². The van der Waals surface area contributed by atoms with Crippen LogP contribution in [0.15, 0.2) is 6.20 Å². The molecule has 0 saturated carbocycles. The van der Waals surface area contributed by atoms with E-state index in [1.54, 1.807) is 0 Å². The molecule has 19 heavy (non-hydrogen) atoms. The maximum Gasteiger partial charge on any atom is 0.141 e. The summed E-state index contributed by atoms with van der Waals surface area (Å²) in [4.78, 5) is 9.37. The average Bonchev–Trinajstić information content (AvgIpc) is 2.45. The molecule has 0 aromatic carbocycles. The van der Waals surface area contributed by atoms with Crippen LogP contribution in [0, 0.1) is 6.92 Å². The van der Waals surface area contributed by atoms with Gasteiger partial charge in [-0.15, -0.1) is 0 Å². The molecule has 1 aliphatic heterocycles. The molecule has 4 heteroatoms. The predicted octanol–water partition coefficient (Wildman–Crippen LogP) is 3.80. The van der Waals surface area contributed by atoms with E-state index in [1.807, 2.05) is 18.0 Å². The van der Waals surface area contributed by atoms with Gasteiger partial charge in [0.25, 0.3) is 0 Å². The van der Waals surface area contributed by atoms with Gasteiger partial charge in [0.05, 0.1) is 5.25 Å². The molecular formula is C15H25N3S. The lowest BCUT2D eigenvalue weighted by molar-refractivity contribution is 0.561. The highest BCUT2D eigenvalue weighted by atomic mass is 32.2. The van der Waals surface area contributed by atoms with Crippen molar-refractivity contribution in [3.8, 4) is 0 Å². The van der Waals surface area contributed by atoms with Crippen LogP contribution in [0.4, 0.5) is 0 Å². The van der Waals surface area contributed by atoms with Crippen LogP contribution in [-0.4, -0.2) is 22.3 Å². The van der Waals surface area contributed by atoms with Gasteiger partial charge in [0.1, 0.15) is 5.82 Å². The number of nitrogens with zero attached hydrogens (tertiary/aromatic N) is 2. The van der Waals surface area contributed by atoms with E-state index in [1.165, 1.54) is 30.6 Å². The van der Waals surface area contributed by atoms with Crippen molar-refractivity contribution < 1.29 is 0 Å². The molecule has 1 aliphatic rings. The van der Waals surface area contributed by atoms with Crippen molar-refractivity contribution in [3.63, 3.8) is 0 Å². The zero-order chi connectivity index (χ0) is 13.7. The minimum absolute atomic E-state index is 0.341. The summed E-state index contributed by atoms with van der Waals surface area (Å²) < 4.78 is 0. The van der Waals surface area contributed by atoms with E-state index in [0.29, 0.717) is 11.3 Å². The Balaban J connectivity index is 2.07. The Hall–Kier alpha value is -0.610. The second-order valence-electron chi connectivity index (χ2n) is 5.30. The molecule has 3 nitrogen and oxygen atoms in total. The molecule has 1 N–H and O–H groups in total. The molecule has 1 saturated heterocycles. The Morgan fingerprint density at radius 1 is 1.47 bits per heavy atom. The van der Waals surface area contributed by atoms with E-state index >= 15 is 0 Å². The van der Waals surface area contributed by atoms with E-state index < -0.39 is 0 Å². The van der Waals surface area contributed by atoms with Crippen molar-refractivity contribution in [2.24, 2.45) is 0 Å². The van der Waals surface area contributed by atoms with E-state index in [0.717, 1.165) is 24.5 Å². The molecule has 0 aliphatic carbocycles. The smallest absolute Gasteiger partial charge is 0.141 e. The van der Waals surface area contributed by atoms with Gasteiger partial charge in [-0.2, -0.15) is 11.8 Å². The average molecular weight is 279 g/mol. The summed E-state index contributed by atoms with van der Waals surface area (Å²) in [5.74, 6) is 2.29. The Kier molecular flexibility index (Phi) is 5.64. The molecule has 0 bridgehead atoms. The topological polar surface area (TPSA) is 37.8 Å². The van der Waals surface area contributed by atoms with Gasteiger partial charge in [-0.1, -0.05) is 13.3 Å². The molecule has 1 fully saturated rings. The summed E-state index contributed by atoms with van der Waals surface area (Å²) in [5, 5.41) is 4.02. The molecule has 0 amide bonds. The third kappa shape index (κ3) is 3.93. The Bertz CT molecular complexity index is 402. The van der Waals surface area contributed by atoms with Crippen molar-refractivity contribution >= 4 is 11.8 Å². The summed E-state index contributed by atoms with van der Waals surface area (Å²) in [5.41, 5.74) is 2.37. The highest BCUT2D eigenvalue weighted by Gasteiger charge is 2.20. The molecule has 2 atom stereocenters. The fraction of sp³-hybridized carbons (Fsp3) is 0.733. The van der Waals surface area contributed by atoms with Crippen molar-refractivity contribution in [2.75, 3.05) is 12.3 Å². The summed E-state index contributed by atoms with van der Waals surface area (Å²) >= 11 is 2.01. The number of aromatic nitrogens is 2. The van der Waals surface area contributed by atoms with Crippen molar-refractivity contribution in [3.05, 3.63) is 23.3 Å². The second kappa shape index (κ2) is 7.25. The summed E-state index contributed by atoms with van der Waals surface area (Å²) in [6.07, 6.45) is 7.07. The summed E-state index contributed by atoms with van der Waals surface area (Å²) in [7, 11) is 0. The van der Waals surface area contributed by atoms with Crippen LogP contribution >= 0.6 is 11.8 Å². The lowest BCUT2D eigenvalue weighted by atomic mass is 10.1. The normalized spacial score (nSPS) is 21.3. The van der Waals surface area contributed by atoms with E-state index in [-0.39, 0.29) is 0 Å². The molecule has 1 aromatic heterocycles. The van der Waals surface area contributed by atoms with Gasteiger partial charge in [-0.25, -0.2) is 9.97 Å². The first kappa shape index (κ1) is 14.8. The largest absolute Gasteiger partial charge is 0.310 e. The Morgan fingerprint density at radius 3 is 2.95 bits per heavy atom. The van der Waals surface area contributed by atoms with Crippen LogP contribution in [0.5, 0.6) is 0 Å². The number of rotatable bonds is 5. The van der Waals surface area contributed by atoms with E-state index in [9.17, 15) is 0 Å². The van der Waals surface area contributed by atoms with Gasteiger partial charge in [-0.05, 0) is 45.4 Å². The minimum Gasteiger partial charge on any atom is -0.310 e. The number of aryl methyl sites for hydroxylation is 1. The van der Waals surface area contributed by atoms with Crippen molar-refractivity contribution in [1.82, 2.24) is 15.3 Å². The van der Waals surface area contributed by atoms with Gasteiger partial charge < -0.3 is 5.32 Å². The maximum absolute atomic E-state index is 4.75. The van der Waals surface area contributed by atoms with Gasteiger partial charge in [0.2, 0.25) is 0 Å². The van der Waals surface area contributed by atoms with Crippen LogP contribution in [0.2, 0.25) is 0 Å². The van der Waals surface area contributed by atoms with E-state index in [4.69, 9.17) is 4.98 Å². The molecule has 2 heterocycles. The first-order valence-electron chi connectivity index (χ1n) is 7.40. The fourth-order valence-electron chi connectivity index (χ4n) is 2.49. The number of nitrogens with one attached hydrogen (secondary N) is 1. The third-order valence-corrected chi connectivity index (χ3v) is 5.04. The molecular weight excluding hydrogens is 254 g/mol. The minimum atomic E-state index is 0.341. The number of thioether (sulfide) groups is 1. The highest BCUT2D eigenvalue weighted by Crippen LogP contribution is 2.36. The monoisotopic (exact) mass is 279 g/mol. The van der Waals surface area contributed by atoms with Gasteiger partial charge >= 0.3 is 0 Å². The van der Waals surface area contributed by atoms with Gasteiger partial charge in [-0.3, -0.25) is 0 Å². The molecule has 106 valence electrons. The lowest BCUT2D eigenvalue weighted by Gasteiger charge is -2.21. The predicted molar refractivity (Wildman–Crippen MR) is 82.5 cm³/mol. The second-order valence-corrected chi connectivity index (χ2v) is 6.61. The highest BCUT2D eigenvalue weighted by molar-refractivity contribution is 7.99. The number of hydrogen-bond donors (Lipinski definition) is 1. The van der Waals surface area contributed by atoms with Crippen LogP contribution in [0.25, 0.3) is 0 Å². The van der Waals surface area contributed by atoms with Gasteiger partial charge in [0.15, 0.2) is 0 Å². The van der Waals surface area contributed by atoms with E-state index in [2.05, 4.69) is 31.1 Å². The summed E-state index contributed by atoms with van der Waals surface area (Å²) in [6.45, 7) is 7.53. The first-order chi connectivity index (χ1) is 9.22. The van der Waals surface area contributed by atoms with Crippen molar-refractivity contribution in [1.29, 1.82) is 0 Å². The maximum atomic E-state index is 4.75. The molecule has 2 unspecified atom stereocenters. The summed E-state index contributed by atoms with van der Waals surface area (Å²) in [6, 6.07) is 0.341. The Morgan fingerprint density at radius 2 is 2.32 bits per heavy atom. The van der Waals surface area contributed by atoms with Crippen LogP contribution in [-0.2, 0) is 0 Å².